The predicted octanol–water partition coefficient (Wildman–Crippen LogP) is 2.63. The Morgan fingerprint density at radius 2 is 1.96 bits per heavy atom. The second-order valence-corrected chi connectivity index (χ2v) is 6.66. The summed E-state index contributed by atoms with van der Waals surface area (Å²) in [5.74, 6) is -0.285. The largest absolute Gasteiger partial charge is 0.489 e. The zero-order valence-corrected chi connectivity index (χ0v) is 16.0. The lowest BCUT2D eigenvalue weighted by molar-refractivity contribution is 0.1000. The molecule has 0 spiro atoms. The van der Waals surface area contributed by atoms with E-state index >= 15 is 0 Å². The number of aromatic nitrogens is 2. The maximum Gasteiger partial charge on any atom is 0.336 e. The number of primary amides is 1. The van der Waals surface area contributed by atoms with E-state index < -0.39 is 11.9 Å². The van der Waals surface area contributed by atoms with Gasteiger partial charge in [0.2, 0.25) is 5.91 Å². The molecule has 0 aliphatic heterocycles. The van der Waals surface area contributed by atoms with Crippen molar-refractivity contribution in [1.29, 1.82) is 0 Å². The van der Waals surface area contributed by atoms with E-state index in [4.69, 9.17) is 10.5 Å². The molecule has 0 fully saturated rings. The summed E-state index contributed by atoms with van der Waals surface area (Å²) in [4.78, 5) is 41.0. The second kappa shape index (κ2) is 7.69. The first kappa shape index (κ1) is 19.4. The van der Waals surface area contributed by atoms with E-state index in [1.54, 1.807) is 24.3 Å². The van der Waals surface area contributed by atoms with Crippen LogP contribution in [0.2, 0.25) is 0 Å². The molecule has 1 heterocycles. The van der Waals surface area contributed by atoms with Crippen molar-refractivity contribution >= 4 is 47.2 Å². The maximum absolute atomic E-state index is 12.7. The first-order valence-electron chi connectivity index (χ1n) is 8.37. The van der Waals surface area contributed by atoms with E-state index in [1.807, 2.05) is 13.8 Å². The summed E-state index contributed by atoms with van der Waals surface area (Å²) in [6.45, 7) is 3.66. The molecule has 0 aliphatic carbocycles. The van der Waals surface area contributed by atoms with Crippen LogP contribution in [0.3, 0.4) is 0 Å². The van der Waals surface area contributed by atoms with Gasteiger partial charge >= 0.3 is 11.7 Å². The number of imidazole rings is 1. The Labute approximate surface area is 165 Å². The molecule has 0 bridgehead atoms. The fourth-order valence-electron chi connectivity index (χ4n) is 2.63. The van der Waals surface area contributed by atoms with Crippen LogP contribution in [0.25, 0.3) is 11.0 Å². The number of rotatable bonds is 5. The lowest BCUT2D eigenvalue weighted by Gasteiger charge is -2.22. The molecule has 3 rings (SSSR count). The number of ether oxygens (including phenoxy) is 1. The Hall–Kier alpha value is -3.40. The summed E-state index contributed by atoms with van der Waals surface area (Å²) in [6, 6.07) is 8.89. The zero-order chi connectivity index (χ0) is 20.4. The van der Waals surface area contributed by atoms with Crippen molar-refractivity contribution in [2.45, 2.75) is 20.0 Å². The Morgan fingerprint density at radius 3 is 2.64 bits per heavy atom. The van der Waals surface area contributed by atoms with Crippen LogP contribution < -0.4 is 25.8 Å². The van der Waals surface area contributed by atoms with E-state index in [1.165, 1.54) is 12.1 Å². The highest BCUT2D eigenvalue weighted by Crippen LogP contribution is 2.32. The molecule has 0 saturated carbocycles. The topological polar surface area (TPSA) is 133 Å². The molecule has 1 aromatic heterocycles. The second-order valence-electron chi connectivity index (χ2n) is 6.26. The molecule has 10 heteroatoms. The highest BCUT2D eigenvalue weighted by Gasteiger charge is 2.20. The third kappa shape index (κ3) is 3.96. The number of nitrogens with two attached hydrogens (primary N) is 1. The first-order valence-corrected chi connectivity index (χ1v) is 8.77. The number of fused-ring (bicyclic) bond motifs is 1. The summed E-state index contributed by atoms with van der Waals surface area (Å²) in [6.07, 6.45) is -0.165. The smallest absolute Gasteiger partial charge is 0.336 e. The minimum Gasteiger partial charge on any atom is -0.489 e. The van der Waals surface area contributed by atoms with Gasteiger partial charge in [-0.05, 0) is 44.2 Å². The van der Waals surface area contributed by atoms with Gasteiger partial charge in [0.25, 0.3) is 0 Å². The minimum atomic E-state index is -0.644. The number of hydrogen-bond acceptors (Lipinski definition) is 5. The summed E-state index contributed by atoms with van der Waals surface area (Å²) >= 11 is 4.26. The summed E-state index contributed by atoms with van der Waals surface area (Å²) < 4.78 is 6.71. The van der Waals surface area contributed by atoms with Crippen molar-refractivity contribution in [3.63, 3.8) is 0 Å². The number of carbonyl (C=O) groups is 2. The average Bonchev–Trinajstić information content (AvgIpc) is 3.02. The number of thiol groups is 1. The number of para-hydroxylation sites is 1. The van der Waals surface area contributed by atoms with E-state index in [0.717, 1.165) is 4.31 Å². The molecule has 0 radical (unpaired) electrons. The van der Waals surface area contributed by atoms with Crippen molar-refractivity contribution in [1.82, 2.24) is 9.97 Å². The number of hydrogen-bond donors (Lipinski definition) is 5. The number of aromatic amines is 2. The molecule has 9 nitrogen and oxygen atoms in total. The van der Waals surface area contributed by atoms with Crippen LogP contribution in [-0.2, 0) is 0 Å². The first-order chi connectivity index (χ1) is 13.3. The standard InChI is InChI=1S/C18H19N5O4S/c1-9(2)27-14-7-6-10(16(19)24)8-13(14)23(28)18(26)21-12-5-3-4-11-15(12)22-17(25)20-11/h3-9,28H,1-2H3,(H2,19,24)(H,21,26)(H2,20,22,25). The van der Waals surface area contributed by atoms with Crippen LogP contribution >= 0.6 is 12.8 Å². The van der Waals surface area contributed by atoms with E-state index in [0.29, 0.717) is 22.5 Å². The maximum atomic E-state index is 12.7. The van der Waals surface area contributed by atoms with Crippen LogP contribution in [0.5, 0.6) is 5.75 Å². The quantitative estimate of drug-likeness (QED) is 0.420. The third-order valence-corrected chi connectivity index (χ3v) is 4.22. The number of H-pyrrole nitrogens is 2. The minimum absolute atomic E-state index is 0.165. The predicted molar refractivity (Wildman–Crippen MR) is 110 cm³/mol. The molecule has 3 aromatic rings. The van der Waals surface area contributed by atoms with Crippen molar-refractivity contribution in [2.24, 2.45) is 5.73 Å². The highest BCUT2D eigenvalue weighted by atomic mass is 32.1. The molecule has 5 N–H and O–H groups in total. The van der Waals surface area contributed by atoms with Crippen LogP contribution in [0.4, 0.5) is 16.2 Å². The van der Waals surface area contributed by atoms with E-state index in [9.17, 15) is 14.4 Å². The molecule has 146 valence electrons. The molecule has 0 unspecified atom stereocenters. The normalized spacial score (nSPS) is 10.9. The van der Waals surface area contributed by atoms with Crippen molar-refractivity contribution in [3.8, 4) is 5.75 Å². The van der Waals surface area contributed by atoms with Gasteiger partial charge in [-0.3, -0.25) is 4.79 Å². The van der Waals surface area contributed by atoms with Gasteiger partial charge in [0.1, 0.15) is 5.75 Å². The van der Waals surface area contributed by atoms with Crippen LogP contribution in [0.1, 0.15) is 24.2 Å². The van der Waals surface area contributed by atoms with Gasteiger partial charge in [-0.25, -0.2) is 13.9 Å². The SMILES string of the molecule is CC(C)Oc1ccc(C(N)=O)cc1N(S)C(=O)Nc1cccc2[nH]c(=O)[nH]c12. The number of urea groups is 1. The summed E-state index contributed by atoms with van der Waals surface area (Å²) in [7, 11) is 0. The van der Waals surface area contributed by atoms with Gasteiger partial charge in [-0.1, -0.05) is 18.9 Å². The van der Waals surface area contributed by atoms with Crippen LogP contribution in [-0.4, -0.2) is 28.0 Å². The zero-order valence-electron chi connectivity index (χ0n) is 15.1. The Bertz CT molecular complexity index is 1100. The van der Waals surface area contributed by atoms with Gasteiger partial charge in [-0.2, -0.15) is 0 Å². The van der Waals surface area contributed by atoms with Gasteiger partial charge in [0.05, 0.1) is 28.5 Å². The van der Waals surface area contributed by atoms with Crippen molar-refractivity contribution in [2.75, 3.05) is 9.62 Å². The number of nitrogens with zero attached hydrogens (tertiary/aromatic N) is 1. The Kier molecular flexibility index (Phi) is 5.32. The van der Waals surface area contributed by atoms with Gasteiger partial charge in [0.15, 0.2) is 0 Å². The van der Waals surface area contributed by atoms with E-state index in [2.05, 4.69) is 28.1 Å². The molecule has 3 amide bonds. The number of anilines is 2. The molecule has 0 aliphatic rings. The van der Waals surface area contributed by atoms with Crippen molar-refractivity contribution < 1.29 is 14.3 Å². The summed E-state index contributed by atoms with van der Waals surface area (Å²) in [5, 5.41) is 2.67. The number of carbonyl (C=O) groups excluding carboxylic acids is 2. The Balaban J connectivity index is 1.94. The molecule has 2 aromatic carbocycles. The molecule has 0 atom stereocenters. The molecule has 0 saturated heterocycles. The molecular formula is C18H19N5O4S. The summed E-state index contributed by atoms with van der Waals surface area (Å²) in [5.41, 5.74) is 6.79. The number of amides is 3. The number of benzene rings is 2. The van der Waals surface area contributed by atoms with Crippen molar-refractivity contribution in [3.05, 3.63) is 52.4 Å². The Morgan fingerprint density at radius 1 is 1.21 bits per heavy atom. The lowest BCUT2D eigenvalue weighted by atomic mass is 10.1. The highest BCUT2D eigenvalue weighted by molar-refractivity contribution is 7.82. The average molecular weight is 401 g/mol. The lowest BCUT2D eigenvalue weighted by Crippen LogP contribution is -2.28. The molecular weight excluding hydrogens is 382 g/mol. The van der Waals surface area contributed by atoms with E-state index in [-0.39, 0.29) is 23.0 Å². The molecule has 28 heavy (non-hydrogen) atoms. The van der Waals surface area contributed by atoms with Gasteiger partial charge in [0, 0.05) is 5.56 Å². The monoisotopic (exact) mass is 401 g/mol. The van der Waals surface area contributed by atoms with Gasteiger partial charge < -0.3 is 25.8 Å². The van der Waals surface area contributed by atoms with Crippen LogP contribution in [0, 0.1) is 0 Å². The fourth-order valence-corrected chi connectivity index (χ4v) is 2.84. The third-order valence-electron chi connectivity index (χ3n) is 3.82. The van der Waals surface area contributed by atoms with Gasteiger partial charge in [-0.15, -0.1) is 0 Å². The number of nitrogens with one attached hydrogen (secondary N) is 3. The fraction of sp³-hybridized carbons (Fsp3) is 0.167. The van der Waals surface area contributed by atoms with Crippen LogP contribution in [0.15, 0.2) is 41.2 Å².